The summed E-state index contributed by atoms with van der Waals surface area (Å²) in [4.78, 5) is 0. The molecule has 14 nitrogen and oxygen atoms in total. The fourth-order valence-electron chi connectivity index (χ4n) is 11.7. The first kappa shape index (κ1) is 40.0. The molecular weight excluding hydrogens is 692 g/mol. The lowest BCUT2D eigenvalue weighted by molar-refractivity contribution is -0.315. The van der Waals surface area contributed by atoms with E-state index in [1.165, 1.54) is 5.57 Å². The first-order valence-electron chi connectivity index (χ1n) is 19.8. The van der Waals surface area contributed by atoms with Gasteiger partial charge >= 0.3 is 0 Å². The molecule has 3 aliphatic heterocycles. The highest BCUT2D eigenvalue weighted by Crippen LogP contribution is 2.69. The van der Waals surface area contributed by atoms with Gasteiger partial charge in [0.15, 0.2) is 12.6 Å². The Morgan fingerprint density at radius 2 is 1.49 bits per heavy atom. The maximum Gasteiger partial charge on any atom is 0.186 e. The molecule has 14 heteroatoms. The predicted octanol–water partition coefficient (Wildman–Crippen LogP) is 0.237. The van der Waals surface area contributed by atoms with Crippen molar-refractivity contribution in [1.82, 2.24) is 0 Å². The highest BCUT2D eigenvalue weighted by Gasteiger charge is 2.65. The first-order valence-corrected chi connectivity index (χ1v) is 19.8. The zero-order valence-electron chi connectivity index (χ0n) is 31.3. The van der Waals surface area contributed by atoms with Gasteiger partial charge in [0, 0.05) is 24.2 Å². The lowest BCUT2D eigenvalue weighted by atomic mass is 9.46. The van der Waals surface area contributed by atoms with Crippen LogP contribution in [0.1, 0.15) is 79.1 Å². The average Bonchev–Trinajstić information content (AvgIpc) is 3.62. The second kappa shape index (κ2) is 15.3. The quantitative estimate of drug-likeness (QED) is 0.136. The van der Waals surface area contributed by atoms with Crippen LogP contribution in [0.15, 0.2) is 23.0 Å². The zero-order valence-corrected chi connectivity index (χ0v) is 31.3. The summed E-state index contributed by atoms with van der Waals surface area (Å²) in [6.45, 7) is 8.14. The molecule has 2 saturated heterocycles. The Hall–Kier alpha value is -1.24. The van der Waals surface area contributed by atoms with Crippen molar-refractivity contribution in [2.45, 2.75) is 159 Å². The Morgan fingerprint density at radius 1 is 0.849 bits per heavy atom. The fraction of sp³-hybridized carbons (Fsp3) is 0.897. The molecule has 20 atom stereocenters. The van der Waals surface area contributed by atoms with Crippen molar-refractivity contribution in [3.63, 3.8) is 0 Å². The molecule has 7 aliphatic rings. The van der Waals surface area contributed by atoms with Crippen LogP contribution in [0.3, 0.4) is 0 Å². The van der Waals surface area contributed by atoms with Crippen molar-refractivity contribution in [3.05, 3.63) is 23.0 Å². The van der Waals surface area contributed by atoms with Gasteiger partial charge in [0.25, 0.3) is 0 Å². The number of ether oxygens (including phenoxy) is 5. The van der Waals surface area contributed by atoms with Crippen LogP contribution >= 0.6 is 0 Å². The van der Waals surface area contributed by atoms with E-state index in [1.807, 2.05) is 6.92 Å². The van der Waals surface area contributed by atoms with Gasteiger partial charge in [-0.25, -0.2) is 0 Å². The highest BCUT2D eigenvalue weighted by atomic mass is 16.7. The molecule has 0 aromatic heterocycles. The van der Waals surface area contributed by atoms with Crippen LogP contribution in [0.2, 0.25) is 0 Å². The molecule has 0 amide bonds. The molecule has 0 spiro atoms. The van der Waals surface area contributed by atoms with E-state index in [0.29, 0.717) is 36.5 Å². The van der Waals surface area contributed by atoms with Gasteiger partial charge in [-0.1, -0.05) is 32.4 Å². The van der Waals surface area contributed by atoms with Crippen molar-refractivity contribution in [3.8, 4) is 0 Å². The number of fused-ring (bicyclic) bond motifs is 7. The van der Waals surface area contributed by atoms with Crippen molar-refractivity contribution in [2.24, 2.45) is 40.4 Å². The molecule has 9 N–H and O–H groups in total. The molecule has 5 fully saturated rings. The number of hydrogen-bond donors (Lipinski definition) is 9. The van der Waals surface area contributed by atoms with Gasteiger partial charge < -0.3 is 69.6 Å². The highest BCUT2D eigenvalue weighted by molar-refractivity contribution is 5.31. The van der Waals surface area contributed by atoms with Crippen molar-refractivity contribution in [2.75, 3.05) is 19.8 Å². The standard InChI is InChI=1S/C39H62O14/c1-17(16-49-36-34(47)32(45)30(43)26(14-40)52-36)5-8-24-18(2)29-25(51-24)13-23-21-7-6-19-11-20(50-37-35(48)33(46)31(44)27(15-41)53-37)12-28(42)39(19,4)22(21)9-10-38(23,29)3/h6,17,20-23,25-37,40-48H,5,7-16H2,1-4H3/t17?,20?,21?,22?,23?,25?,26-,27-,28?,29?,30-,31-,32+,33+,34-,35-,36-,37-,38+,39+/m1/s1. The Bertz CT molecular complexity index is 1370. The summed E-state index contributed by atoms with van der Waals surface area (Å²) in [7, 11) is 0. The van der Waals surface area contributed by atoms with E-state index in [9.17, 15) is 46.0 Å². The topological polar surface area (TPSA) is 228 Å². The SMILES string of the molecule is CC1=C(CCC(C)CO[C@@H]2O[C@H](CO)[C@@H](O)[C@H](O)[C@H]2O)OC2CC3C4CC=C5CC(O[C@@H]6O[C@H](CO)[C@@H](O)[C@H](O)[C@H]6O)CC(O)[C@]5(C)C4CC[C@]3(C)C12. The van der Waals surface area contributed by atoms with Crippen molar-refractivity contribution >= 4 is 0 Å². The summed E-state index contributed by atoms with van der Waals surface area (Å²) in [5.41, 5.74) is 2.14. The minimum atomic E-state index is -1.52. The van der Waals surface area contributed by atoms with Crippen LogP contribution in [0.4, 0.5) is 0 Å². The Morgan fingerprint density at radius 3 is 2.15 bits per heavy atom. The molecule has 4 aliphatic carbocycles. The number of aliphatic hydroxyl groups excluding tert-OH is 9. The largest absolute Gasteiger partial charge is 0.494 e. The molecular formula is C39H62O14. The molecule has 0 aromatic carbocycles. The number of aliphatic hydroxyl groups is 9. The van der Waals surface area contributed by atoms with Crippen LogP contribution in [-0.2, 0) is 23.7 Å². The maximum atomic E-state index is 11.8. The first-order chi connectivity index (χ1) is 25.1. The van der Waals surface area contributed by atoms with Gasteiger partial charge in [-0.15, -0.1) is 0 Å². The fourth-order valence-corrected chi connectivity index (χ4v) is 11.7. The van der Waals surface area contributed by atoms with E-state index in [1.54, 1.807) is 0 Å². The van der Waals surface area contributed by atoms with Crippen LogP contribution in [0, 0.1) is 40.4 Å². The third-order valence-electron chi connectivity index (χ3n) is 14.8. The number of rotatable bonds is 10. The van der Waals surface area contributed by atoms with E-state index in [2.05, 4.69) is 26.8 Å². The summed E-state index contributed by atoms with van der Waals surface area (Å²) in [6, 6.07) is 0. The molecule has 0 radical (unpaired) electrons. The number of allylic oxidation sites excluding steroid dienone is 2. The predicted molar refractivity (Wildman–Crippen MR) is 186 cm³/mol. The zero-order chi connectivity index (χ0) is 38.1. The molecule has 0 aromatic rings. The molecule has 0 bridgehead atoms. The lowest BCUT2D eigenvalue weighted by Gasteiger charge is -2.59. The molecule has 53 heavy (non-hydrogen) atoms. The van der Waals surface area contributed by atoms with Crippen LogP contribution in [-0.4, -0.2) is 146 Å². The third-order valence-corrected chi connectivity index (χ3v) is 14.8. The van der Waals surface area contributed by atoms with Gasteiger partial charge in [-0.3, -0.25) is 0 Å². The van der Waals surface area contributed by atoms with Gasteiger partial charge in [-0.05, 0) is 80.1 Å². The van der Waals surface area contributed by atoms with Gasteiger partial charge in [-0.2, -0.15) is 0 Å². The van der Waals surface area contributed by atoms with E-state index in [4.69, 9.17) is 23.7 Å². The second-order valence-corrected chi connectivity index (χ2v) is 17.7. The summed E-state index contributed by atoms with van der Waals surface area (Å²) >= 11 is 0. The lowest BCUT2D eigenvalue weighted by Crippen LogP contribution is -2.60. The van der Waals surface area contributed by atoms with Crippen LogP contribution in [0.5, 0.6) is 0 Å². The minimum Gasteiger partial charge on any atom is -0.494 e. The average molecular weight is 755 g/mol. The summed E-state index contributed by atoms with van der Waals surface area (Å²) in [5, 5.41) is 92.3. The third kappa shape index (κ3) is 6.75. The molecule has 7 rings (SSSR count). The van der Waals surface area contributed by atoms with Gasteiger partial charge in [0.2, 0.25) is 0 Å². The Kier molecular flexibility index (Phi) is 11.5. The molecule has 8 unspecified atom stereocenters. The summed E-state index contributed by atoms with van der Waals surface area (Å²) in [5.74, 6) is 2.63. The van der Waals surface area contributed by atoms with E-state index < -0.39 is 92.2 Å². The maximum absolute atomic E-state index is 11.8. The summed E-state index contributed by atoms with van der Waals surface area (Å²) in [6.07, 6.45) is -5.52. The Labute approximate surface area is 311 Å². The van der Waals surface area contributed by atoms with Gasteiger partial charge in [0.05, 0.1) is 37.8 Å². The van der Waals surface area contributed by atoms with Crippen molar-refractivity contribution < 1.29 is 69.6 Å². The molecule has 3 heterocycles. The Balaban J connectivity index is 0.968. The smallest absolute Gasteiger partial charge is 0.186 e. The van der Waals surface area contributed by atoms with E-state index in [0.717, 1.165) is 49.9 Å². The van der Waals surface area contributed by atoms with Gasteiger partial charge in [0.1, 0.15) is 54.9 Å². The van der Waals surface area contributed by atoms with Crippen LogP contribution in [0.25, 0.3) is 0 Å². The van der Waals surface area contributed by atoms with Crippen LogP contribution < -0.4 is 0 Å². The second-order valence-electron chi connectivity index (χ2n) is 17.7. The van der Waals surface area contributed by atoms with E-state index >= 15 is 0 Å². The molecule has 3 saturated carbocycles. The number of hydrogen-bond acceptors (Lipinski definition) is 14. The minimum absolute atomic E-state index is 0.0750. The molecule has 302 valence electrons. The summed E-state index contributed by atoms with van der Waals surface area (Å²) < 4.78 is 29.8. The monoisotopic (exact) mass is 754 g/mol. The van der Waals surface area contributed by atoms with E-state index in [-0.39, 0.29) is 24.0 Å². The van der Waals surface area contributed by atoms with Crippen molar-refractivity contribution in [1.29, 1.82) is 0 Å². The normalized spacial score (nSPS) is 51.5.